The van der Waals surface area contributed by atoms with Crippen LogP contribution in [0.1, 0.15) is 35.1 Å². The molecule has 0 aliphatic heterocycles. The maximum atomic E-state index is 11.6. The van der Waals surface area contributed by atoms with Gasteiger partial charge in [-0.25, -0.2) is 0 Å². The van der Waals surface area contributed by atoms with Gasteiger partial charge in [-0.3, -0.25) is 9.59 Å². The Labute approximate surface area is 314 Å². The van der Waals surface area contributed by atoms with Crippen LogP contribution in [0.5, 0.6) is 0 Å². The van der Waals surface area contributed by atoms with E-state index in [4.69, 9.17) is 0 Å². The van der Waals surface area contributed by atoms with E-state index >= 15 is 0 Å². The molecule has 5 aromatic heterocycles. The zero-order chi connectivity index (χ0) is 35.5. The fourth-order valence-corrected chi connectivity index (χ4v) is 12.0. The largest absolute Gasteiger partial charge is 0.481 e. The van der Waals surface area contributed by atoms with Gasteiger partial charge < -0.3 is 20.4 Å². The SMILES string of the molecule is O=C(O)CCc1cc(-c2ccc(-c3ccccc3CO)s2)sc1-c1ccc(-c2sc(-c3ccc(-c4ccccc4CO)s3)cc2CCC(=O)O)s1. The zero-order valence-corrected chi connectivity index (χ0v) is 31.2. The third kappa shape index (κ3) is 7.70. The lowest BCUT2D eigenvalue weighted by molar-refractivity contribution is -0.138. The van der Waals surface area contributed by atoms with Crippen molar-refractivity contribution < 1.29 is 30.0 Å². The van der Waals surface area contributed by atoms with Crippen molar-refractivity contribution in [2.45, 2.75) is 38.9 Å². The average molecular weight is 769 g/mol. The second kappa shape index (κ2) is 15.6. The zero-order valence-electron chi connectivity index (χ0n) is 27.1. The van der Waals surface area contributed by atoms with Gasteiger partial charge in [0.2, 0.25) is 0 Å². The van der Waals surface area contributed by atoms with Gasteiger partial charge >= 0.3 is 11.9 Å². The normalized spacial score (nSPS) is 11.3. The van der Waals surface area contributed by atoms with E-state index in [0.29, 0.717) is 12.8 Å². The van der Waals surface area contributed by atoms with Gasteiger partial charge in [-0.2, -0.15) is 0 Å². The number of benzene rings is 2. The van der Waals surface area contributed by atoms with Crippen LogP contribution in [-0.4, -0.2) is 32.4 Å². The van der Waals surface area contributed by atoms with Crippen LogP contribution in [0.2, 0.25) is 0 Å². The third-order valence-electron chi connectivity index (χ3n) is 8.49. The van der Waals surface area contributed by atoms with Gasteiger partial charge in [-0.1, -0.05) is 48.5 Å². The number of aryl methyl sites for hydroxylation is 2. The molecule has 7 rings (SSSR count). The second-order valence-electron chi connectivity index (χ2n) is 11.8. The summed E-state index contributed by atoms with van der Waals surface area (Å²) in [6.07, 6.45) is 0.876. The summed E-state index contributed by atoms with van der Waals surface area (Å²) in [7, 11) is 0. The van der Waals surface area contributed by atoms with Gasteiger partial charge in [-0.15, -0.1) is 56.7 Å². The van der Waals surface area contributed by atoms with E-state index in [2.05, 4.69) is 48.5 Å². The van der Waals surface area contributed by atoms with Crippen molar-refractivity contribution in [3.8, 4) is 59.9 Å². The predicted octanol–water partition coefficient (Wildman–Crippen LogP) is 11.0. The van der Waals surface area contributed by atoms with Crippen molar-refractivity contribution in [2.75, 3.05) is 0 Å². The van der Waals surface area contributed by atoms with E-state index in [-0.39, 0.29) is 26.1 Å². The summed E-state index contributed by atoms with van der Waals surface area (Å²) in [5.74, 6) is -1.68. The highest BCUT2D eigenvalue weighted by Gasteiger charge is 2.21. The highest BCUT2D eigenvalue weighted by Crippen LogP contribution is 2.49. The van der Waals surface area contributed by atoms with Gasteiger partial charge in [0, 0.05) is 61.6 Å². The number of aliphatic hydroxyl groups is 2. The van der Waals surface area contributed by atoms with Crippen LogP contribution < -0.4 is 0 Å². The van der Waals surface area contributed by atoms with Crippen molar-refractivity contribution in [3.05, 3.63) is 119 Å². The summed E-state index contributed by atoms with van der Waals surface area (Å²) in [5, 5.41) is 38.8. The molecular formula is C40H32O6S5. The molecule has 0 saturated carbocycles. The lowest BCUT2D eigenvalue weighted by atomic mass is 10.1. The van der Waals surface area contributed by atoms with Gasteiger partial charge in [0.15, 0.2) is 0 Å². The van der Waals surface area contributed by atoms with Gasteiger partial charge in [-0.05, 0) is 94.8 Å². The molecule has 2 aromatic carbocycles. The molecule has 0 spiro atoms. The minimum atomic E-state index is -0.842. The van der Waals surface area contributed by atoms with E-state index in [1.165, 1.54) is 0 Å². The first-order valence-corrected chi connectivity index (χ1v) is 20.3. The molecule has 51 heavy (non-hydrogen) atoms. The number of hydrogen-bond acceptors (Lipinski definition) is 9. The standard InChI is InChI=1S/C40H32O6S5/c41-21-25-5-1-3-7-27(25)29-11-13-31(47-29)35-19-23(9-17-37(43)44)39(50-35)33-15-16-34(49-33)40-24(10-18-38(45)46)20-36(51-40)32-14-12-30(48-32)28-8-4-2-6-26(28)22-42/h1-8,11-16,19-20,41-42H,9-10,17-18,21-22H2,(H,43,44)(H,45,46). The lowest BCUT2D eigenvalue weighted by Crippen LogP contribution is -1.97. The predicted molar refractivity (Wildman–Crippen MR) is 212 cm³/mol. The molecule has 7 aromatic rings. The molecule has 11 heteroatoms. The van der Waals surface area contributed by atoms with Crippen LogP contribution >= 0.6 is 56.7 Å². The second-order valence-corrected chi connectivity index (χ2v) is 17.2. The van der Waals surface area contributed by atoms with Crippen molar-refractivity contribution in [3.63, 3.8) is 0 Å². The summed E-state index contributed by atoms with van der Waals surface area (Å²) in [6.45, 7) is -0.0756. The van der Waals surface area contributed by atoms with E-state index < -0.39 is 11.9 Å². The Balaban J connectivity index is 1.23. The molecule has 0 aliphatic carbocycles. The minimum absolute atomic E-state index is 0.0280. The number of carboxylic acid groups (broad SMARTS) is 2. The molecule has 258 valence electrons. The Hall–Kier alpha value is -4.20. The topological polar surface area (TPSA) is 115 Å². The first-order chi connectivity index (χ1) is 24.8. The first-order valence-electron chi connectivity index (χ1n) is 16.2. The van der Waals surface area contributed by atoms with Gasteiger partial charge in [0.05, 0.1) is 13.2 Å². The summed E-state index contributed by atoms with van der Waals surface area (Å²) >= 11 is 8.26. The van der Waals surface area contributed by atoms with E-state index in [1.807, 2.05) is 48.5 Å². The quantitative estimate of drug-likeness (QED) is 0.0876. The molecular weight excluding hydrogens is 737 g/mol. The fourth-order valence-electron chi connectivity index (χ4n) is 5.98. The molecule has 0 radical (unpaired) electrons. The number of aliphatic carboxylic acids is 2. The summed E-state index contributed by atoms with van der Waals surface area (Å²) < 4.78 is 0. The summed E-state index contributed by atoms with van der Waals surface area (Å²) in [6, 6.07) is 32.4. The molecule has 4 N–H and O–H groups in total. The molecule has 0 atom stereocenters. The van der Waals surface area contributed by atoms with E-state index in [1.54, 1.807) is 56.7 Å². The molecule has 0 bridgehead atoms. The average Bonchev–Trinajstić information content (AvgIpc) is 3.98. The van der Waals surface area contributed by atoms with Gasteiger partial charge in [0.25, 0.3) is 0 Å². The number of hydrogen-bond donors (Lipinski definition) is 4. The number of thiophene rings is 5. The Bertz CT molecular complexity index is 2170. The van der Waals surface area contributed by atoms with Crippen LogP contribution in [0.4, 0.5) is 0 Å². The van der Waals surface area contributed by atoms with E-state index in [9.17, 15) is 30.0 Å². The Morgan fingerprint density at radius 1 is 0.431 bits per heavy atom. The number of rotatable bonds is 14. The molecule has 0 amide bonds. The van der Waals surface area contributed by atoms with Crippen molar-refractivity contribution in [1.29, 1.82) is 0 Å². The number of aliphatic hydroxyl groups excluding tert-OH is 2. The molecule has 0 aliphatic rings. The lowest BCUT2D eigenvalue weighted by Gasteiger charge is -2.03. The van der Waals surface area contributed by atoms with Crippen LogP contribution in [0, 0.1) is 0 Å². The summed E-state index contributed by atoms with van der Waals surface area (Å²) in [4.78, 5) is 33.8. The smallest absolute Gasteiger partial charge is 0.303 e. The third-order valence-corrected chi connectivity index (χ3v) is 14.9. The number of carbonyl (C=O) groups is 2. The maximum absolute atomic E-state index is 11.6. The molecule has 0 unspecified atom stereocenters. The van der Waals surface area contributed by atoms with Crippen LogP contribution in [0.3, 0.4) is 0 Å². The van der Waals surface area contributed by atoms with Crippen LogP contribution in [-0.2, 0) is 35.6 Å². The monoisotopic (exact) mass is 768 g/mol. The maximum Gasteiger partial charge on any atom is 0.303 e. The van der Waals surface area contributed by atoms with Crippen molar-refractivity contribution in [2.24, 2.45) is 0 Å². The molecule has 5 heterocycles. The fraction of sp³-hybridized carbons (Fsp3) is 0.150. The highest BCUT2D eigenvalue weighted by atomic mass is 32.1. The molecule has 6 nitrogen and oxygen atoms in total. The van der Waals surface area contributed by atoms with Crippen LogP contribution in [0.25, 0.3) is 59.9 Å². The Kier molecular flexibility index (Phi) is 10.8. The van der Waals surface area contributed by atoms with E-state index in [0.717, 1.165) is 82.2 Å². The van der Waals surface area contributed by atoms with Crippen LogP contribution in [0.15, 0.2) is 97.1 Å². The summed E-state index contributed by atoms with van der Waals surface area (Å²) in [5.41, 5.74) is 5.73. The van der Waals surface area contributed by atoms with Gasteiger partial charge in [0.1, 0.15) is 0 Å². The van der Waals surface area contributed by atoms with Crippen molar-refractivity contribution >= 4 is 68.6 Å². The molecule has 0 fully saturated rings. The Morgan fingerprint density at radius 3 is 1.22 bits per heavy atom. The molecule has 0 saturated heterocycles. The first kappa shape index (κ1) is 35.2. The minimum Gasteiger partial charge on any atom is -0.481 e. The Morgan fingerprint density at radius 2 is 0.804 bits per heavy atom. The highest BCUT2D eigenvalue weighted by molar-refractivity contribution is 7.30. The van der Waals surface area contributed by atoms with Crippen molar-refractivity contribution in [1.82, 2.24) is 0 Å². The number of carboxylic acids is 2.